The van der Waals surface area contributed by atoms with E-state index in [9.17, 15) is 27.9 Å². The van der Waals surface area contributed by atoms with Crippen LogP contribution in [0.25, 0.3) is 5.57 Å². The van der Waals surface area contributed by atoms with E-state index in [0.717, 1.165) is 23.3 Å². The van der Waals surface area contributed by atoms with Crippen molar-refractivity contribution in [1.29, 1.82) is 0 Å². The molecule has 2 atom stereocenters. The summed E-state index contributed by atoms with van der Waals surface area (Å²) < 4.78 is 44.9. The Kier molecular flexibility index (Phi) is 10.2. The average molecular weight is 581 g/mol. The Hall–Kier alpha value is -3.95. The Bertz CT molecular complexity index is 1440. The first-order chi connectivity index (χ1) is 20.0. The number of hydrogen-bond acceptors (Lipinski definition) is 5. The van der Waals surface area contributed by atoms with Crippen LogP contribution in [0, 0.1) is 0 Å². The van der Waals surface area contributed by atoms with Gasteiger partial charge in [0.25, 0.3) is 5.91 Å². The van der Waals surface area contributed by atoms with Crippen LogP contribution in [0.3, 0.4) is 0 Å². The molecule has 0 heterocycles. The summed E-state index contributed by atoms with van der Waals surface area (Å²) in [6, 6.07) is 18.7. The third-order valence-corrected chi connectivity index (χ3v) is 7.22. The summed E-state index contributed by atoms with van der Waals surface area (Å²) in [5.74, 6) is 0.0409. The van der Waals surface area contributed by atoms with E-state index in [4.69, 9.17) is 4.74 Å². The number of rotatable bonds is 12. The Labute approximate surface area is 243 Å². The molecule has 0 aromatic heterocycles. The number of benzene rings is 3. The number of amides is 1. The second-order valence-corrected chi connectivity index (χ2v) is 10.4. The molecule has 3 aromatic carbocycles. The minimum absolute atomic E-state index is 0.0247. The van der Waals surface area contributed by atoms with Crippen molar-refractivity contribution in [2.24, 2.45) is 0 Å². The molecule has 0 fully saturated rings. The van der Waals surface area contributed by atoms with E-state index in [0.29, 0.717) is 48.3 Å². The predicted octanol–water partition coefficient (Wildman–Crippen LogP) is 5.73. The molecule has 3 aromatic rings. The van der Waals surface area contributed by atoms with Crippen molar-refractivity contribution in [3.8, 4) is 5.75 Å². The van der Waals surface area contributed by atoms with Gasteiger partial charge in [-0.25, -0.2) is 0 Å². The highest BCUT2D eigenvalue weighted by molar-refractivity contribution is 6.24. The monoisotopic (exact) mass is 580 g/mol. The maximum atomic E-state index is 13.6. The summed E-state index contributed by atoms with van der Waals surface area (Å²) in [5, 5.41) is 17.1. The third-order valence-electron chi connectivity index (χ3n) is 7.22. The number of aliphatic hydroxyl groups excluding tert-OH is 1. The number of Topliss-reactive ketones (excluding diaryl/α,β-unsaturated/α-hetero) is 1. The Morgan fingerprint density at radius 1 is 1.00 bits per heavy atom. The molecule has 0 saturated carbocycles. The van der Waals surface area contributed by atoms with Crippen molar-refractivity contribution < 1.29 is 32.6 Å². The van der Waals surface area contributed by atoms with Gasteiger partial charge in [0, 0.05) is 30.6 Å². The number of aliphatic hydroxyl groups is 1. The van der Waals surface area contributed by atoms with Gasteiger partial charge in [-0.2, -0.15) is 13.2 Å². The van der Waals surface area contributed by atoms with Gasteiger partial charge >= 0.3 is 6.18 Å². The second-order valence-electron chi connectivity index (χ2n) is 10.4. The summed E-state index contributed by atoms with van der Waals surface area (Å²) in [6.45, 7) is 4.25. The van der Waals surface area contributed by atoms with Gasteiger partial charge in [0.05, 0.1) is 24.3 Å². The SMILES string of the molecule is CCOc1cc(C(=O)N[C@@H](Cc2ccccc2)[C@H](O)CNCc2cccc(C(F)(F)F)c2)cc(C2=C(C)CCC2=O)c1. The number of nitrogens with one attached hydrogen (secondary N) is 2. The zero-order chi connectivity index (χ0) is 30.3. The Morgan fingerprint density at radius 2 is 1.74 bits per heavy atom. The largest absolute Gasteiger partial charge is 0.494 e. The Balaban J connectivity index is 1.52. The summed E-state index contributed by atoms with van der Waals surface area (Å²) >= 11 is 0. The molecule has 9 heteroatoms. The molecule has 6 nitrogen and oxygen atoms in total. The lowest BCUT2D eigenvalue weighted by Crippen LogP contribution is -2.48. The van der Waals surface area contributed by atoms with Gasteiger partial charge in [-0.05, 0) is 67.6 Å². The fraction of sp³-hybridized carbons (Fsp3) is 0.333. The number of ketones is 1. The molecule has 1 aliphatic rings. The highest BCUT2D eigenvalue weighted by Crippen LogP contribution is 2.33. The van der Waals surface area contributed by atoms with E-state index >= 15 is 0 Å². The van der Waals surface area contributed by atoms with E-state index in [-0.39, 0.29) is 24.4 Å². The third kappa shape index (κ3) is 8.08. The van der Waals surface area contributed by atoms with Gasteiger partial charge in [0.2, 0.25) is 0 Å². The van der Waals surface area contributed by atoms with E-state index in [1.165, 1.54) is 6.07 Å². The molecule has 3 N–H and O–H groups in total. The van der Waals surface area contributed by atoms with Crippen LogP contribution < -0.4 is 15.4 Å². The van der Waals surface area contributed by atoms with Crippen molar-refractivity contribution in [2.75, 3.05) is 13.2 Å². The van der Waals surface area contributed by atoms with E-state index < -0.39 is 29.8 Å². The van der Waals surface area contributed by atoms with Crippen molar-refractivity contribution in [3.63, 3.8) is 0 Å². The molecule has 4 rings (SSSR count). The van der Waals surface area contributed by atoms with Crippen molar-refractivity contribution in [3.05, 3.63) is 106 Å². The average Bonchev–Trinajstić information content (AvgIpc) is 3.30. The molecule has 42 heavy (non-hydrogen) atoms. The lowest BCUT2D eigenvalue weighted by Gasteiger charge is -2.25. The highest BCUT2D eigenvalue weighted by Gasteiger charge is 2.30. The zero-order valence-corrected chi connectivity index (χ0v) is 23.6. The van der Waals surface area contributed by atoms with Gasteiger partial charge < -0.3 is 20.5 Å². The molecular weight excluding hydrogens is 545 g/mol. The number of alkyl halides is 3. The van der Waals surface area contributed by atoms with Crippen LogP contribution >= 0.6 is 0 Å². The standard InChI is InChI=1S/C33H35F3N2O4/c1-3-42-27-17-24(31-21(2)12-13-29(31)39)16-25(18-27)32(41)38-28(15-22-8-5-4-6-9-22)30(40)20-37-19-23-10-7-11-26(14-23)33(34,35)36/h4-11,14,16-18,28,30,37,40H,3,12-13,15,19-20H2,1-2H3,(H,38,41)/t28-,30+/m0/s1. The molecule has 0 spiro atoms. The molecule has 0 unspecified atom stereocenters. The first-order valence-corrected chi connectivity index (χ1v) is 14.0. The highest BCUT2D eigenvalue weighted by atomic mass is 19.4. The number of ether oxygens (including phenoxy) is 1. The number of halogens is 3. The zero-order valence-electron chi connectivity index (χ0n) is 23.6. The van der Waals surface area contributed by atoms with Crippen LogP contribution in [0.2, 0.25) is 0 Å². The number of hydrogen-bond donors (Lipinski definition) is 3. The van der Waals surface area contributed by atoms with E-state index in [2.05, 4.69) is 10.6 Å². The quantitative estimate of drug-likeness (QED) is 0.255. The predicted molar refractivity (Wildman–Crippen MR) is 155 cm³/mol. The van der Waals surface area contributed by atoms with Crippen molar-refractivity contribution in [1.82, 2.24) is 10.6 Å². The van der Waals surface area contributed by atoms with Crippen LogP contribution in [-0.2, 0) is 23.9 Å². The van der Waals surface area contributed by atoms with Crippen LogP contribution in [0.5, 0.6) is 5.75 Å². The first-order valence-electron chi connectivity index (χ1n) is 14.0. The van der Waals surface area contributed by atoms with E-state index in [1.54, 1.807) is 24.3 Å². The number of carbonyl (C=O) groups excluding carboxylic acids is 2. The summed E-state index contributed by atoms with van der Waals surface area (Å²) in [7, 11) is 0. The minimum atomic E-state index is -4.44. The lowest BCUT2D eigenvalue weighted by molar-refractivity contribution is -0.137. The fourth-order valence-corrected chi connectivity index (χ4v) is 5.09. The van der Waals surface area contributed by atoms with Crippen LogP contribution in [-0.4, -0.2) is 42.1 Å². The molecule has 1 aliphatic carbocycles. The molecule has 222 valence electrons. The van der Waals surface area contributed by atoms with Crippen LogP contribution in [0.1, 0.15) is 59.3 Å². The molecular formula is C33H35F3N2O4. The van der Waals surface area contributed by atoms with E-state index in [1.807, 2.05) is 44.2 Å². The molecule has 0 aliphatic heterocycles. The van der Waals surface area contributed by atoms with Crippen LogP contribution in [0.15, 0.2) is 78.4 Å². The second kappa shape index (κ2) is 13.8. The maximum Gasteiger partial charge on any atom is 0.416 e. The van der Waals surface area contributed by atoms with Gasteiger partial charge in [-0.3, -0.25) is 9.59 Å². The van der Waals surface area contributed by atoms with Gasteiger partial charge in [0.15, 0.2) is 5.78 Å². The fourth-order valence-electron chi connectivity index (χ4n) is 5.09. The van der Waals surface area contributed by atoms with Crippen molar-refractivity contribution in [2.45, 2.75) is 58.0 Å². The Morgan fingerprint density at radius 3 is 2.40 bits per heavy atom. The van der Waals surface area contributed by atoms with Gasteiger partial charge in [-0.15, -0.1) is 0 Å². The summed E-state index contributed by atoms with van der Waals surface area (Å²) in [5.41, 5.74) is 3.05. The lowest BCUT2D eigenvalue weighted by atomic mass is 9.97. The maximum absolute atomic E-state index is 13.6. The molecule has 0 radical (unpaired) electrons. The van der Waals surface area contributed by atoms with Gasteiger partial charge in [-0.1, -0.05) is 54.1 Å². The number of carbonyl (C=O) groups is 2. The molecule has 0 saturated heterocycles. The minimum Gasteiger partial charge on any atom is -0.494 e. The molecule has 0 bridgehead atoms. The first kappa shape index (κ1) is 31.0. The smallest absolute Gasteiger partial charge is 0.416 e. The normalized spacial score (nSPS) is 15.0. The topological polar surface area (TPSA) is 87.7 Å². The van der Waals surface area contributed by atoms with Gasteiger partial charge in [0.1, 0.15) is 5.75 Å². The van der Waals surface area contributed by atoms with Crippen LogP contribution in [0.4, 0.5) is 13.2 Å². The number of allylic oxidation sites excluding steroid dienone is 2. The summed E-state index contributed by atoms with van der Waals surface area (Å²) in [6.07, 6.45) is -4.08. The van der Waals surface area contributed by atoms with Crippen molar-refractivity contribution >= 4 is 17.3 Å². The summed E-state index contributed by atoms with van der Waals surface area (Å²) in [4.78, 5) is 26.1. The molecule has 1 amide bonds.